The van der Waals surface area contributed by atoms with Crippen molar-refractivity contribution in [2.45, 2.75) is 145 Å². The van der Waals surface area contributed by atoms with Crippen LogP contribution in [0.1, 0.15) is 135 Å². The molecule has 7 heterocycles. The second kappa shape index (κ2) is 28.6. The van der Waals surface area contributed by atoms with E-state index in [-0.39, 0.29) is 98.0 Å². The van der Waals surface area contributed by atoms with Crippen LogP contribution in [0.3, 0.4) is 0 Å². The van der Waals surface area contributed by atoms with E-state index in [0.29, 0.717) is 71.5 Å². The van der Waals surface area contributed by atoms with Crippen LogP contribution >= 0.6 is 11.5 Å². The molecule has 10 rings (SSSR count). The molecule has 7 aromatic rings. The normalized spacial score (nSPS) is 16.4. The zero-order chi connectivity index (χ0) is 61.7. The molecule has 460 valence electrons. The number of hydrogen-bond donors (Lipinski definition) is 0. The molecule has 4 aromatic heterocycles. The zero-order valence-electron chi connectivity index (χ0n) is 49.5. The monoisotopic (exact) mass is 1210 g/mol. The summed E-state index contributed by atoms with van der Waals surface area (Å²) in [5.74, 6) is -0.152. The van der Waals surface area contributed by atoms with E-state index < -0.39 is 23.6 Å². The van der Waals surface area contributed by atoms with Gasteiger partial charge >= 0.3 is 0 Å². The first kappa shape index (κ1) is 67.3. The Morgan fingerprint density at radius 1 is 0.552 bits per heavy atom. The number of Topliss-reactive ketones (excluding diaryl/α,β-unsaturated/α-hetero) is 2. The lowest BCUT2D eigenvalue weighted by Gasteiger charge is -2.42. The number of nitrogens with zero attached hydrogens (tertiary/aromatic N) is 13. The largest absolute Gasteiger partial charge is 0.340 e. The summed E-state index contributed by atoms with van der Waals surface area (Å²) in [6.07, 6.45) is 8.94. The van der Waals surface area contributed by atoms with Crippen LogP contribution in [0.4, 0.5) is 47.7 Å². The summed E-state index contributed by atoms with van der Waals surface area (Å²) in [5.41, 5.74) is 4.13. The Morgan fingerprint density at radius 2 is 0.954 bits per heavy atom. The molecule has 3 aliphatic heterocycles. The molecule has 19 nitrogen and oxygen atoms in total. The van der Waals surface area contributed by atoms with Gasteiger partial charge in [-0.15, -0.1) is 0 Å². The molecule has 0 N–H and O–H groups in total. The number of rotatable bonds is 15. The van der Waals surface area contributed by atoms with Gasteiger partial charge in [0.25, 0.3) is 0 Å². The first-order valence-corrected chi connectivity index (χ1v) is 28.8. The predicted molar refractivity (Wildman–Crippen MR) is 335 cm³/mol. The molecule has 0 fully saturated rings. The van der Waals surface area contributed by atoms with E-state index in [1.165, 1.54) is 71.2 Å². The van der Waals surface area contributed by atoms with Gasteiger partial charge in [0.1, 0.15) is 76.5 Å². The Kier molecular flexibility index (Phi) is 22.1. The van der Waals surface area contributed by atoms with Crippen molar-refractivity contribution in [1.29, 1.82) is 0 Å². The fourth-order valence-corrected chi connectivity index (χ4v) is 11.4. The summed E-state index contributed by atoms with van der Waals surface area (Å²) in [5, 5.41) is 0. The molecular formula is C64H76F3N13O6S. The van der Waals surface area contributed by atoms with E-state index in [1.807, 2.05) is 58.3 Å². The number of carbonyl (C=O) groups excluding carboxylic acids is 6. The van der Waals surface area contributed by atoms with Crippen LogP contribution in [0.25, 0.3) is 21.8 Å². The van der Waals surface area contributed by atoms with E-state index in [2.05, 4.69) is 48.0 Å². The van der Waals surface area contributed by atoms with Crippen LogP contribution in [0, 0.1) is 17.5 Å². The number of aromatic nitrogens is 7. The Labute approximate surface area is 510 Å². The van der Waals surface area contributed by atoms with Crippen LogP contribution in [-0.4, -0.2) is 127 Å². The van der Waals surface area contributed by atoms with E-state index in [1.54, 1.807) is 61.7 Å². The van der Waals surface area contributed by atoms with Crippen molar-refractivity contribution >= 4 is 81.6 Å². The minimum Gasteiger partial charge on any atom is -0.340 e. The number of anilines is 6. The molecule has 4 atom stereocenters. The second-order valence-electron chi connectivity index (χ2n) is 21.5. The average Bonchev–Trinajstić information content (AvgIpc) is 1.50. The van der Waals surface area contributed by atoms with Crippen molar-refractivity contribution < 1.29 is 41.9 Å². The Balaban J connectivity index is 0.000000206. The van der Waals surface area contributed by atoms with E-state index in [0.717, 1.165) is 34.0 Å². The summed E-state index contributed by atoms with van der Waals surface area (Å²) < 4.78 is 43.8. The molecule has 0 spiro atoms. The maximum atomic E-state index is 13.3. The maximum absolute atomic E-state index is 13.3. The van der Waals surface area contributed by atoms with Gasteiger partial charge in [0.05, 0.1) is 41.6 Å². The quantitative estimate of drug-likeness (QED) is 0.0530. The fourth-order valence-electron chi connectivity index (χ4n) is 10.7. The van der Waals surface area contributed by atoms with E-state index in [4.69, 9.17) is 4.98 Å². The number of fused-ring (bicyclic) bond motifs is 3. The van der Waals surface area contributed by atoms with Crippen LogP contribution in [0.15, 0.2) is 97.6 Å². The number of amides is 3. The standard InChI is InChI=1S/C21H22FN5OS.C21H23FN4O3.C20H23FN4O2.2CH4/c1-5-16-21(28)26(4)17-11-23-19(25-20(17)27(16)12(2)3)15-10-24-29-18(15)13-6-8-14(22)9-7-13;1-5-16-21(29)25(4)17-10-23-19(24-20(17)26(16)12(2)3)15(11-27)18(28)13-6-8-14(22)9-7-13;1-5-15-20(27)24(4)16-11-22-18(23-19(16)25(15)12(2)3)10-17(26)13-6-8-14(21)9-7-13;;/h6-12,16H,5H2,1-4H3;6-12,15-16H,5H2,1-4H3;6-9,11-12,15H,5,10H2,1-4H3;2*1H4/t16-;15?,16-;15-;;/m111../s1. The number of aldehydes is 1. The predicted octanol–water partition coefficient (Wildman–Crippen LogP) is 11.4. The van der Waals surface area contributed by atoms with Crippen molar-refractivity contribution in [1.82, 2.24) is 34.3 Å². The highest BCUT2D eigenvalue weighted by Gasteiger charge is 2.42. The highest BCUT2D eigenvalue weighted by Crippen LogP contribution is 2.41. The number of halogens is 3. The molecule has 3 aliphatic rings. The fraction of sp³-hybridized carbons (Fsp3) is 0.391. The smallest absolute Gasteiger partial charge is 0.249 e. The molecule has 23 heteroatoms. The van der Waals surface area contributed by atoms with Gasteiger partial charge in [0.15, 0.2) is 34.8 Å². The lowest BCUT2D eigenvalue weighted by Crippen LogP contribution is -2.55. The van der Waals surface area contributed by atoms with Crippen LogP contribution in [0.2, 0.25) is 0 Å². The minimum atomic E-state index is -1.22. The Hall–Kier alpha value is -8.86. The number of likely N-dealkylation sites (N-methyl/N-ethyl adjacent to an activating group) is 3. The highest BCUT2D eigenvalue weighted by atomic mass is 32.1. The third-order valence-electron chi connectivity index (χ3n) is 15.0. The molecule has 0 bridgehead atoms. The summed E-state index contributed by atoms with van der Waals surface area (Å²) in [7, 11) is 5.14. The molecule has 0 saturated heterocycles. The average molecular weight is 1210 g/mol. The molecule has 3 aromatic carbocycles. The SMILES string of the molecule is C.C.CC[C@@H]1C(=O)N(C)c2cnc(-c3cnsc3-c3ccc(F)cc3)nc2N1C(C)C.CC[C@@H]1C(=O)N(C)c2cnc(C(C=O)C(=O)c3ccc(F)cc3)nc2N1C(C)C.CC[C@@H]1C(=O)N(C)c2cnc(CC(=O)c3ccc(F)cc3)nc2N1C(C)C. The molecular weight excluding hydrogens is 1140 g/mol. The summed E-state index contributed by atoms with van der Waals surface area (Å²) in [4.78, 5) is 114. The van der Waals surface area contributed by atoms with Crippen molar-refractivity contribution in [2.75, 3.05) is 50.5 Å². The molecule has 0 saturated carbocycles. The van der Waals surface area contributed by atoms with Crippen LogP contribution in [-0.2, 0) is 25.6 Å². The summed E-state index contributed by atoms with van der Waals surface area (Å²) in [6.45, 7) is 17.9. The van der Waals surface area contributed by atoms with Crippen molar-refractivity contribution in [3.05, 3.63) is 138 Å². The Morgan fingerprint density at radius 3 is 1.39 bits per heavy atom. The van der Waals surface area contributed by atoms with Gasteiger partial charge in [-0.1, -0.05) is 47.8 Å². The minimum absolute atomic E-state index is 0. The van der Waals surface area contributed by atoms with Gasteiger partial charge in [0.2, 0.25) is 17.7 Å². The van der Waals surface area contributed by atoms with Gasteiger partial charge in [-0.25, -0.2) is 43.1 Å². The molecule has 1 unspecified atom stereocenters. The first-order valence-electron chi connectivity index (χ1n) is 28.1. The van der Waals surface area contributed by atoms with Gasteiger partial charge in [-0.3, -0.25) is 24.0 Å². The highest BCUT2D eigenvalue weighted by molar-refractivity contribution is 7.10. The molecule has 3 amide bonds. The van der Waals surface area contributed by atoms with Gasteiger partial charge in [-0.05, 0) is 139 Å². The number of benzene rings is 3. The molecule has 0 aliphatic carbocycles. The second-order valence-corrected chi connectivity index (χ2v) is 22.3. The molecule has 0 radical (unpaired) electrons. The molecule has 87 heavy (non-hydrogen) atoms. The maximum Gasteiger partial charge on any atom is 0.249 e. The summed E-state index contributed by atoms with van der Waals surface area (Å²) in [6, 6.07) is 15.9. The van der Waals surface area contributed by atoms with Crippen molar-refractivity contribution in [3.63, 3.8) is 0 Å². The van der Waals surface area contributed by atoms with Gasteiger partial charge < -0.3 is 34.2 Å². The van der Waals surface area contributed by atoms with Gasteiger partial charge in [0, 0.05) is 50.4 Å². The third kappa shape index (κ3) is 13.7. The topological polar surface area (TPSA) is 212 Å². The zero-order valence-corrected chi connectivity index (χ0v) is 50.3. The Bertz CT molecular complexity index is 3610. The van der Waals surface area contributed by atoms with Gasteiger partial charge in [-0.2, -0.15) is 4.37 Å². The van der Waals surface area contributed by atoms with Crippen LogP contribution < -0.4 is 29.4 Å². The lowest BCUT2D eigenvalue weighted by atomic mass is 9.97. The van der Waals surface area contributed by atoms with Crippen molar-refractivity contribution in [2.24, 2.45) is 0 Å². The summed E-state index contributed by atoms with van der Waals surface area (Å²) >= 11 is 1.32. The van der Waals surface area contributed by atoms with Crippen molar-refractivity contribution in [3.8, 4) is 21.8 Å². The van der Waals surface area contributed by atoms with E-state index >= 15 is 0 Å². The number of carbonyl (C=O) groups is 6. The third-order valence-corrected chi connectivity index (χ3v) is 15.9. The number of hydrogen-bond acceptors (Lipinski definition) is 17. The van der Waals surface area contributed by atoms with Crippen LogP contribution in [0.5, 0.6) is 0 Å². The lowest BCUT2D eigenvalue weighted by molar-refractivity contribution is -0.120. The van der Waals surface area contributed by atoms with E-state index in [9.17, 15) is 41.9 Å². The number of ketones is 2. The first-order chi connectivity index (χ1) is 40.5.